The van der Waals surface area contributed by atoms with Crippen LogP contribution in [-0.2, 0) is 22.6 Å². The molecule has 0 fully saturated rings. The Bertz CT molecular complexity index is 1130. The Hall–Kier alpha value is -3.32. The SMILES string of the molecule is COc1ccc(-c2nc(COC(=O)Cc3coc4cc(OC)ccc34)cs2)cc1. The van der Waals surface area contributed by atoms with E-state index in [-0.39, 0.29) is 19.0 Å². The summed E-state index contributed by atoms with van der Waals surface area (Å²) in [6, 6.07) is 13.2. The van der Waals surface area contributed by atoms with Crippen LogP contribution in [-0.4, -0.2) is 25.2 Å². The van der Waals surface area contributed by atoms with Crippen molar-refractivity contribution in [3.05, 3.63) is 65.4 Å². The summed E-state index contributed by atoms with van der Waals surface area (Å²) in [5.74, 6) is 1.17. The van der Waals surface area contributed by atoms with Crippen LogP contribution in [0.25, 0.3) is 21.5 Å². The number of nitrogens with zero attached hydrogens (tertiary/aromatic N) is 1. The monoisotopic (exact) mass is 409 g/mol. The van der Waals surface area contributed by atoms with E-state index in [2.05, 4.69) is 4.98 Å². The third kappa shape index (κ3) is 4.25. The molecule has 0 spiro atoms. The van der Waals surface area contributed by atoms with E-state index in [0.29, 0.717) is 11.3 Å². The first-order valence-electron chi connectivity index (χ1n) is 8.95. The fourth-order valence-corrected chi connectivity index (χ4v) is 3.74. The van der Waals surface area contributed by atoms with Crippen LogP contribution in [0.15, 0.2) is 58.5 Å². The Morgan fingerprint density at radius 2 is 1.83 bits per heavy atom. The summed E-state index contributed by atoms with van der Waals surface area (Å²) in [6.45, 7) is 0.134. The molecular formula is C22H19NO5S. The zero-order valence-electron chi connectivity index (χ0n) is 16.0. The highest BCUT2D eigenvalue weighted by Crippen LogP contribution is 2.27. The molecule has 0 aliphatic carbocycles. The number of carbonyl (C=O) groups is 1. The Balaban J connectivity index is 1.37. The summed E-state index contributed by atoms with van der Waals surface area (Å²) in [4.78, 5) is 16.8. The largest absolute Gasteiger partial charge is 0.497 e. The van der Waals surface area contributed by atoms with Gasteiger partial charge in [-0.15, -0.1) is 11.3 Å². The standard InChI is InChI=1S/C22H19NO5S/c1-25-17-5-3-14(4-6-17)22-23-16(13-29-22)12-28-21(24)9-15-11-27-20-10-18(26-2)7-8-19(15)20/h3-8,10-11,13H,9,12H2,1-2H3. The van der Waals surface area contributed by atoms with Crippen molar-refractivity contribution >= 4 is 28.3 Å². The number of benzene rings is 2. The van der Waals surface area contributed by atoms with Crippen LogP contribution in [0.1, 0.15) is 11.3 Å². The van der Waals surface area contributed by atoms with Crippen LogP contribution in [0, 0.1) is 0 Å². The fourth-order valence-electron chi connectivity index (χ4n) is 2.93. The number of hydrogen-bond donors (Lipinski definition) is 0. The van der Waals surface area contributed by atoms with Gasteiger partial charge in [-0.2, -0.15) is 0 Å². The van der Waals surface area contributed by atoms with Crippen LogP contribution >= 0.6 is 11.3 Å². The number of hydrogen-bond acceptors (Lipinski definition) is 7. The lowest BCUT2D eigenvalue weighted by molar-refractivity contribution is -0.144. The summed E-state index contributed by atoms with van der Waals surface area (Å²) in [5.41, 5.74) is 3.17. The maximum Gasteiger partial charge on any atom is 0.310 e. The number of ether oxygens (including phenoxy) is 3. The van der Waals surface area contributed by atoms with Gasteiger partial charge in [-0.25, -0.2) is 4.98 Å². The maximum absolute atomic E-state index is 12.3. The molecule has 2 aromatic heterocycles. The number of esters is 1. The quantitative estimate of drug-likeness (QED) is 0.406. The highest BCUT2D eigenvalue weighted by Gasteiger charge is 2.13. The lowest BCUT2D eigenvalue weighted by Gasteiger charge is -2.03. The predicted octanol–water partition coefficient (Wildman–Crippen LogP) is 4.86. The lowest BCUT2D eigenvalue weighted by atomic mass is 10.1. The molecule has 0 bridgehead atoms. The summed E-state index contributed by atoms with van der Waals surface area (Å²) in [7, 11) is 3.23. The van der Waals surface area contributed by atoms with Gasteiger partial charge in [-0.05, 0) is 36.4 Å². The molecule has 6 nitrogen and oxygen atoms in total. The Kier molecular flexibility index (Phi) is 5.48. The van der Waals surface area contributed by atoms with Crippen LogP contribution < -0.4 is 9.47 Å². The summed E-state index contributed by atoms with van der Waals surface area (Å²) in [5, 5.41) is 3.64. The molecule has 2 heterocycles. The van der Waals surface area contributed by atoms with Crippen molar-refractivity contribution in [1.29, 1.82) is 0 Å². The number of rotatable bonds is 7. The van der Waals surface area contributed by atoms with E-state index < -0.39 is 0 Å². The zero-order valence-corrected chi connectivity index (χ0v) is 16.8. The number of methoxy groups -OCH3 is 2. The van der Waals surface area contributed by atoms with E-state index in [0.717, 1.165) is 33.0 Å². The molecule has 2 aromatic carbocycles. The lowest BCUT2D eigenvalue weighted by Crippen LogP contribution is -2.07. The predicted molar refractivity (Wildman–Crippen MR) is 110 cm³/mol. The van der Waals surface area contributed by atoms with Crippen LogP contribution in [0.2, 0.25) is 0 Å². The third-order valence-corrected chi connectivity index (χ3v) is 5.41. The minimum absolute atomic E-state index is 0.134. The number of thiazole rings is 1. The minimum atomic E-state index is -0.331. The van der Waals surface area contributed by atoms with Gasteiger partial charge in [0.2, 0.25) is 0 Å². The van der Waals surface area contributed by atoms with Crippen LogP contribution in [0.4, 0.5) is 0 Å². The van der Waals surface area contributed by atoms with Crippen molar-refractivity contribution in [3.63, 3.8) is 0 Å². The van der Waals surface area contributed by atoms with Gasteiger partial charge in [-0.1, -0.05) is 0 Å². The molecule has 29 heavy (non-hydrogen) atoms. The van der Waals surface area contributed by atoms with Gasteiger partial charge in [0.05, 0.1) is 32.6 Å². The summed E-state index contributed by atoms with van der Waals surface area (Å²) < 4.78 is 21.3. The second-order valence-electron chi connectivity index (χ2n) is 6.33. The van der Waals surface area contributed by atoms with Gasteiger partial charge in [0.15, 0.2) is 0 Å². The Morgan fingerprint density at radius 1 is 1.07 bits per heavy atom. The smallest absolute Gasteiger partial charge is 0.310 e. The third-order valence-electron chi connectivity index (χ3n) is 4.47. The molecule has 4 aromatic rings. The maximum atomic E-state index is 12.3. The first-order chi connectivity index (χ1) is 14.2. The average Bonchev–Trinajstić information content (AvgIpc) is 3.39. The number of carbonyl (C=O) groups excluding carboxylic acids is 1. The van der Waals surface area contributed by atoms with Crippen molar-refractivity contribution in [2.24, 2.45) is 0 Å². The van der Waals surface area contributed by atoms with Crippen molar-refractivity contribution in [3.8, 4) is 22.1 Å². The highest BCUT2D eigenvalue weighted by molar-refractivity contribution is 7.13. The molecule has 0 saturated carbocycles. The number of aromatic nitrogens is 1. The van der Waals surface area contributed by atoms with E-state index in [9.17, 15) is 4.79 Å². The van der Waals surface area contributed by atoms with E-state index in [1.807, 2.05) is 41.8 Å². The van der Waals surface area contributed by atoms with Gasteiger partial charge >= 0.3 is 5.97 Å². The Labute approximate surface area is 171 Å². The van der Waals surface area contributed by atoms with Crippen molar-refractivity contribution in [1.82, 2.24) is 4.98 Å². The normalized spacial score (nSPS) is 10.8. The van der Waals surface area contributed by atoms with Gasteiger partial charge < -0.3 is 18.6 Å². The molecule has 0 N–H and O–H groups in total. The van der Waals surface area contributed by atoms with Gasteiger partial charge in [0.25, 0.3) is 0 Å². The van der Waals surface area contributed by atoms with Crippen LogP contribution in [0.3, 0.4) is 0 Å². The molecule has 0 amide bonds. The van der Waals surface area contributed by atoms with E-state index in [1.165, 1.54) is 11.3 Å². The van der Waals surface area contributed by atoms with Gasteiger partial charge in [-0.3, -0.25) is 4.79 Å². The molecule has 148 valence electrons. The van der Waals surface area contributed by atoms with Crippen molar-refractivity contribution in [2.45, 2.75) is 13.0 Å². The zero-order chi connectivity index (χ0) is 20.2. The first-order valence-corrected chi connectivity index (χ1v) is 9.83. The second-order valence-corrected chi connectivity index (χ2v) is 7.19. The molecule has 4 rings (SSSR count). The van der Waals surface area contributed by atoms with E-state index in [4.69, 9.17) is 18.6 Å². The average molecular weight is 409 g/mol. The summed E-state index contributed by atoms with van der Waals surface area (Å²) >= 11 is 1.51. The molecule has 0 unspecified atom stereocenters. The molecule has 0 atom stereocenters. The van der Waals surface area contributed by atoms with Crippen molar-refractivity contribution < 1.29 is 23.4 Å². The molecule has 0 aliphatic heterocycles. The number of fused-ring (bicyclic) bond motifs is 1. The molecule has 0 radical (unpaired) electrons. The van der Waals surface area contributed by atoms with Crippen LogP contribution in [0.5, 0.6) is 11.5 Å². The second kappa shape index (κ2) is 8.36. The van der Waals surface area contributed by atoms with E-state index >= 15 is 0 Å². The fraction of sp³-hybridized carbons (Fsp3) is 0.182. The molecule has 0 saturated heterocycles. The topological polar surface area (TPSA) is 70.8 Å². The molecular weight excluding hydrogens is 390 g/mol. The van der Waals surface area contributed by atoms with Gasteiger partial charge in [0.1, 0.15) is 28.7 Å². The van der Waals surface area contributed by atoms with Gasteiger partial charge in [0, 0.05) is 28.0 Å². The summed E-state index contributed by atoms with van der Waals surface area (Å²) in [6.07, 6.45) is 1.71. The molecule has 0 aliphatic rings. The van der Waals surface area contributed by atoms with Crippen molar-refractivity contribution in [2.75, 3.05) is 14.2 Å². The Morgan fingerprint density at radius 3 is 2.59 bits per heavy atom. The number of furan rings is 1. The van der Waals surface area contributed by atoms with E-state index in [1.54, 1.807) is 26.5 Å². The minimum Gasteiger partial charge on any atom is -0.497 e. The highest BCUT2D eigenvalue weighted by atomic mass is 32.1. The molecule has 7 heteroatoms. The first kappa shape index (κ1) is 19.0.